The summed E-state index contributed by atoms with van der Waals surface area (Å²) in [5.41, 5.74) is 0.235. The first kappa shape index (κ1) is 18.2. The van der Waals surface area contributed by atoms with Crippen LogP contribution in [0.1, 0.15) is 40.5 Å². The van der Waals surface area contributed by atoms with Crippen molar-refractivity contribution in [1.82, 2.24) is 15.5 Å². The van der Waals surface area contributed by atoms with Gasteiger partial charge in [-0.2, -0.15) is 0 Å². The van der Waals surface area contributed by atoms with E-state index in [-0.39, 0.29) is 5.41 Å². The van der Waals surface area contributed by atoms with E-state index < -0.39 is 0 Å². The van der Waals surface area contributed by atoms with E-state index in [2.05, 4.69) is 62.3 Å². The van der Waals surface area contributed by atoms with E-state index >= 15 is 0 Å². The highest BCUT2D eigenvalue weighted by Crippen LogP contribution is 2.13. The second-order valence-corrected chi connectivity index (χ2v) is 6.79. The lowest BCUT2D eigenvalue weighted by molar-refractivity contribution is 0.241. The van der Waals surface area contributed by atoms with E-state index in [4.69, 9.17) is 0 Å². The largest absolute Gasteiger partial charge is 0.356 e. The summed E-state index contributed by atoms with van der Waals surface area (Å²) >= 11 is 0. The van der Waals surface area contributed by atoms with Gasteiger partial charge in [-0.25, -0.2) is 0 Å². The molecule has 0 fully saturated rings. The summed E-state index contributed by atoms with van der Waals surface area (Å²) in [6.45, 7) is 12.0. The van der Waals surface area contributed by atoms with Crippen LogP contribution in [0.3, 0.4) is 0 Å². The maximum atomic E-state index is 4.27. The van der Waals surface area contributed by atoms with E-state index in [1.165, 1.54) is 12.8 Å². The molecule has 0 radical (unpaired) electrons. The smallest absolute Gasteiger partial charge is 0.190 e. The van der Waals surface area contributed by atoms with Crippen molar-refractivity contribution in [3.05, 3.63) is 0 Å². The van der Waals surface area contributed by atoms with Crippen molar-refractivity contribution < 1.29 is 0 Å². The van der Waals surface area contributed by atoms with Crippen LogP contribution >= 0.6 is 0 Å². The molecular weight excluding hydrogens is 236 g/mol. The normalized spacial score (nSPS) is 13.2. The van der Waals surface area contributed by atoms with Gasteiger partial charge in [0.1, 0.15) is 0 Å². The molecule has 0 unspecified atom stereocenters. The number of nitrogens with zero attached hydrogens (tertiary/aromatic N) is 2. The summed E-state index contributed by atoms with van der Waals surface area (Å²) in [6, 6.07) is 0. The monoisotopic (exact) mass is 270 g/mol. The first-order valence-electron chi connectivity index (χ1n) is 7.36. The van der Waals surface area contributed by atoms with Crippen LogP contribution in [0.25, 0.3) is 0 Å². The standard InChI is InChI=1S/C15H34N4/c1-13(2)9-8-10-17-14(16-5)18-11-15(3,4)12-19(6)7/h13H,8-12H2,1-7H3,(H2,16,17,18). The SMILES string of the molecule is CN=C(NCCCC(C)C)NCC(C)(C)CN(C)C. The van der Waals surface area contributed by atoms with E-state index in [9.17, 15) is 0 Å². The van der Waals surface area contributed by atoms with Crippen molar-refractivity contribution in [3.63, 3.8) is 0 Å². The van der Waals surface area contributed by atoms with Gasteiger partial charge >= 0.3 is 0 Å². The van der Waals surface area contributed by atoms with Gasteiger partial charge in [0.25, 0.3) is 0 Å². The average molecular weight is 270 g/mol. The highest BCUT2D eigenvalue weighted by atomic mass is 15.2. The maximum Gasteiger partial charge on any atom is 0.190 e. The zero-order valence-corrected chi connectivity index (χ0v) is 14.0. The van der Waals surface area contributed by atoms with Gasteiger partial charge in [0, 0.05) is 26.7 Å². The van der Waals surface area contributed by atoms with Crippen LogP contribution in [0.5, 0.6) is 0 Å². The van der Waals surface area contributed by atoms with Gasteiger partial charge in [-0.3, -0.25) is 4.99 Å². The Kier molecular flexibility index (Phi) is 8.81. The van der Waals surface area contributed by atoms with Gasteiger partial charge in [-0.05, 0) is 38.3 Å². The molecule has 19 heavy (non-hydrogen) atoms. The Morgan fingerprint density at radius 1 is 1.21 bits per heavy atom. The maximum absolute atomic E-state index is 4.27. The van der Waals surface area contributed by atoms with Crippen molar-refractivity contribution in [3.8, 4) is 0 Å². The van der Waals surface area contributed by atoms with Gasteiger partial charge in [-0.15, -0.1) is 0 Å². The Morgan fingerprint density at radius 2 is 1.84 bits per heavy atom. The zero-order valence-electron chi connectivity index (χ0n) is 14.0. The number of nitrogens with one attached hydrogen (secondary N) is 2. The molecule has 0 aliphatic rings. The molecule has 0 aromatic carbocycles. The zero-order chi connectivity index (χ0) is 14.9. The molecule has 0 aliphatic heterocycles. The fourth-order valence-corrected chi connectivity index (χ4v) is 2.17. The topological polar surface area (TPSA) is 39.7 Å². The van der Waals surface area contributed by atoms with Crippen molar-refractivity contribution >= 4 is 5.96 Å². The molecule has 0 saturated carbocycles. The molecule has 0 bridgehead atoms. The number of hydrogen-bond donors (Lipinski definition) is 2. The Balaban J connectivity index is 3.94. The van der Waals surface area contributed by atoms with E-state index in [0.29, 0.717) is 0 Å². The predicted molar refractivity (Wildman–Crippen MR) is 85.8 cm³/mol. The van der Waals surface area contributed by atoms with Crippen LogP contribution in [-0.4, -0.2) is 51.6 Å². The second kappa shape index (κ2) is 9.18. The summed E-state index contributed by atoms with van der Waals surface area (Å²) < 4.78 is 0. The van der Waals surface area contributed by atoms with Crippen LogP contribution in [0.15, 0.2) is 4.99 Å². The minimum atomic E-state index is 0.235. The lowest BCUT2D eigenvalue weighted by Gasteiger charge is -2.29. The van der Waals surface area contributed by atoms with E-state index in [1.54, 1.807) is 0 Å². The molecule has 0 saturated heterocycles. The minimum absolute atomic E-state index is 0.235. The molecule has 0 amide bonds. The summed E-state index contributed by atoms with van der Waals surface area (Å²) in [5, 5.41) is 6.79. The molecule has 114 valence electrons. The lowest BCUT2D eigenvalue weighted by atomic mass is 9.93. The van der Waals surface area contributed by atoms with E-state index in [1.807, 2.05) is 7.05 Å². The Labute approximate surface area is 120 Å². The minimum Gasteiger partial charge on any atom is -0.356 e. The molecule has 4 heteroatoms. The van der Waals surface area contributed by atoms with Gasteiger partial charge in [0.2, 0.25) is 0 Å². The molecule has 0 aliphatic carbocycles. The first-order chi connectivity index (χ1) is 8.76. The molecule has 0 atom stereocenters. The Morgan fingerprint density at radius 3 is 2.32 bits per heavy atom. The molecular formula is C15H34N4. The fourth-order valence-electron chi connectivity index (χ4n) is 2.17. The van der Waals surface area contributed by atoms with E-state index in [0.717, 1.165) is 31.5 Å². The summed E-state index contributed by atoms with van der Waals surface area (Å²) in [5.74, 6) is 1.69. The van der Waals surface area contributed by atoms with Gasteiger partial charge in [-0.1, -0.05) is 27.7 Å². The average Bonchev–Trinajstić information content (AvgIpc) is 2.26. The summed E-state index contributed by atoms with van der Waals surface area (Å²) in [4.78, 5) is 6.49. The predicted octanol–water partition coefficient (Wildman–Crippen LogP) is 2.18. The third kappa shape index (κ3) is 10.8. The van der Waals surface area contributed by atoms with Crippen molar-refractivity contribution in [2.45, 2.75) is 40.5 Å². The summed E-state index contributed by atoms with van der Waals surface area (Å²) in [7, 11) is 6.05. The molecule has 0 aromatic heterocycles. The molecule has 4 nitrogen and oxygen atoms in total. The number of aliphatic imine (C=N–C) groups is 1. The molecule has 0 aromatic rings. The van der Waals surface area contributed by atoms with Crippen LogP contribution < -0.4 is 10.6 Å². The molecule has 2 N–H and O–H groups in total. The van der Waals surface area contributed by atoms with Gasteiger partial charge in [0.15, 0.2) is 5.96 Å². The third-order valence-corrected chi connectivity index (χ3v) is 2.95. The highest BCUT2D eigenvalue weighted by molar-refractivity contribution is 5.79. The summed E-state index contributed by atoms with van der Waals surface area (Å²) in [6.07, 6.45) is 2.45. The van der Waals surface area contributed by atoms with Gasteiger partial charge < -0.3 is 15.5 Å². The van der Waals surface area contributed by atoms with Crippen molar-refractivity contribution in [1.29, 1.82) is 0 Å². The highest BCUT2D eigenvalue weighted by Gasteiger charge is 2.19. The number of hydrogen-bond acceptors (Lipinski definition) is 2. The van der Waals surface area contributed by atoms with Crippen LogP contribution in [0.2, 0.25) is 0 Å². The third-order valence-electron chi connectivity index (χ3n) is 2.95. The lowest BCUT2D eigenvalue weighted by Crippen LogP contribution is -2.45. The number of rotatable bonds is 8. The Bertz CT molecular complexity index is 257. The molecule has 0 heterocycles. The van der Waals surface area contributed by atoms with Crippen LogP contribution in [0.4, 0.5) is 0 Å². The number of guanidine groups is 1. The quantitative estimate of drug-likeness (QED) is 0.403. The van der Waals surface area contributed by atoms with Crippen molar-refractivity contribution in [2.75, 3.05) is 40.8 Å². The fraction of sp³-hybridized carbons (Fsp3) is 0.933. The Hall–Kier alpha value is -0.770. The van der Waals surface area contributed by atoms with Crippen LogP contribution in [-0.2, 0) is 0 Å². The first-order valence-corrected chi connectivity index (χ1v) is 7.36. The molecule has 0 rings (SSSR count). The molecule has 0 spiro atoms. The second-order valence-electron chi connectivity index (χ2n) is 6.79. The van der Waals surface area contributed by atoms with Crippen molar-refractivity contribution in [2.24, 2.45) is 16.3 Å². The van der Waals surface area contributed by atoms with Crippen LogP contribution in [0, 0.1) is 11.3 Å². The van der Waals surface area contributed by atoms with Gasteiger partial charge in [0.05, 0.1) is 0 Å².